The molecule has 1 aliphatic heterocycles. The number of aliphatic carboxylic acids is 2. The third-order valence-corrected chi connectivity index (χ3v) is 4.14. The van der Waals surface area contributed by atoms with Crippen molar-refractivity contribution >= 4 is 11.9 Å². The molecule has 1 unspecified atom stereocenters. The molecule has 1 saturated heterocycles. The van der Waals surface area contributed by atoms with Gasteiger partial charge in [0, 0.05) is 18.7 Å². The lowest BCUT2D eigenvalue weighted by Crippen LogP contribution is -2.36. The first-order valence-corrected chi connectivity index (χ1v) is 8.32. The zero-order valence-corrected chi connectivity index (χ0v) is 14.4. The zero-order chi connectivity index (χ0) is 17.4. The highest BCUT2D eigenvalue weighted by atomic mass is 16.5. The molecule has 1 heterocycles. The van der Waals surface area contributed by atoms with Crippen molar-refractivity contribution in [1.29, 1.82) is 0 Å². The zero-order valence-electron chi connectivity index (χ0n) is 14.4. The fourth-order valence-corrected chi connectivity index (χ4v) is 3.12. The summed E-state index contributed by atoms with van der Waals surface area (Å²) < 4.78 is 5.28. The largest absolute Gasteiger partial charge is 0.478 e. The van der Waals surface area contributed by atoms with Crippen LogP contribution in [0.15, 0.2) is 11.1 Å². The van der Waals surface area contributed by atoms with Crippen LogP contribution in [0.2, 0.25) is 0 Å². The third kappa shape index (κ3) is 6.71. The van der Waals surface area contributed by atoms with Crippen LogP contribution in [0.3, 0.4) is 0 Å². The second kappa shape index (κ2) is 9.67. The molecular weight excluding hydrogens is 298 g/mol. The van der Waals surface area contributed by atoms with Gasteiger partial charge in [0.2, 0.25) is 0 Å². The van der Waals surface area contributed by atoms with Gasteiger partial charge >= 0.3 is 11.9 Å². The lowest BCUT2D eigenvalue weighted by atomic mass is 9.87. The molecule has 2 N–H and O–H groups in total. The van der Waals surface area contributed by atoms with Crippen LogP contribution in [-0.4, -0.2) is 59.9 Å². The van der Waals surface area contributed by atoms with E-state index in [0.717, 1.165) is 19.6 Å². The van der Waals surface area contributed by atoms with Crippen LogP contribution in [0.1, 0.15) is 40.0 Å². The van der Waals surface area contributed by atoms with E-state index >= 15 is 0 Å². The first-order valence-electron chi connectivity index (χ1n) is 8.32. The average molecular weight is 327 g/mol. The Labute approximate surface area is 138 Å². The summed E-state index contributed by atoms with van der Waals surface area (Å²) in [4.78, 5) is 25.4. The van der Waals surface area contributed by atoms with Crippen LogP contribution in [0.25, 0.3) is 0 Å². The van der Waals surface area contributed by atoms with E-state index in [0.29, 0.717) is 32.0 Å². The summed E-state index contributed by atoms with van der Waals surface area (Å²) in [6.45, 7) is 9.69. The van der Waals surface area contributed by atoms with Gasteiger partial charge in [-0.25, -0.2) is 9.59 Å². The molecular formula is C17H29NO5. The Hall–Kier alpha value is -1.40. The van der Waals surface area contributed by atoms with E-state index < -0.39 is 11.9 Å². The summed E-state index contributed by atoms with van der Waals surface area (Å²) in [6, 6.07) is 0. The normalized spacial score (nSPS) is 18.6. The number of rotatable bonds is 9. The Morgan fingerprint density at radius 1 is 1.09 bits per heavy atom. The predicted octanol–water partition coefficient (Wildman–Crippen LogP) is 2.25. The molecule has 0 saturated carbocycles. The Balaban J connectivity index is 2.77. The Morgan fingerprint density at radius 3 is 2.17 bits per heavy atom. The average Bonchev–Trinajstić information content (AvgIpc) is 2.45. The van der Waals surface area contributed by atoms with Crippen LogP contribution < -0.4 is 0 Å². The van der Waals surface area contributed by atoms with Crippen LogP contribution >= 0.6 is 0 Å². The summed E-state index contributed by atoms with van der Waals surface area (Å²) >= 11 is 0. The molecule has 0 aromatic heterocycles. The molecule has 0 bridgehead atoms. The maximum atomic E-state index is 11.6. The minimum absolute atomic E-state index is 0.0545. The van der Waals surface area contributed by atoms with Crippen molar-refractivity contribution in [2.45, 2.75) is 40.0 Å². The minimum atomic E-state index is -1.11. The summed E-state index contributed by atoms with van der Waals surface area (Å²) in [5.74, 6) is -2.16. The van der Waals surface area contributed by atoms with Crippen molar-refractivity contribution in [3.8, 4) is 0 Å². The highest BCUT2D eigenvalue weighted by Crippen LogP contribution is 2.25. The Morgan fingerprint density at radius 2 is 1.70 bits per heavy atom. The van der Waals surface area contributed by atoms with Crippen molar-refractivity contribution in [2.75, 3.05) is 32.8 Å². The van der Waals surface area contributed by atoms with E-state index in [4.69, 9.17) is 4.74 Å². The van der Waals surface area contributed by atoms with Gasteiger partial charge in [0.25, 0.3) is 0 Å². The third-order valence-electron chi connectivity index (χ3n) is 4.14. The standard InChI is InChI=1S/C17H29NO5/c1-12(2)11-13(3)15(17(21)22)14(16(19)20)5-4-6-18-7-9-23-10-8-18/h12-13H,4-11H2,1-3H3,(H,19,20)(H,21,22). The van der Waals surface area contributed by atoms with E-state index in [1.54, 1.807) is 6.92 Å². The van der Waals surface area contributed by atoms with Gasteiger partial charge in [0.15, 0.2) is 0 Å². The van der Waals surface area contributed by atoms with E-state index in [1.165, 1.54) is 0 Å². The van der Waals surface area contributed by atoms with Crippen molar-refractivity contribution < 1.29 is 24.5 Å². The van der Waals surface area contributed by atoms with Crippen molar-refractivity contribution in [1.82, 2.24) is 4.90 Å². The van der Waals surface area contributed by atoms with Crippen LogP contribution in [-0.2, 0) is 14.3 Å². The van der Waals surface area contributed by atoms with Gasteiger partial charge in [-0.3, -0.25) is 4.90 Å². The highest BCUT2D eigenvalue weighted by Gasteiger charge is 2.25. The van der Waals surface area contributed by atoms with Crippen molar-refractivity contribution in [2.24, 2.45) is 11.8 Å². The van der Waals surface area contributed by atoms with Crippen LogP contribution in [0.5, 0.6) is 0 Å². The molecule has 6 nitrogen and oxygen atoms in total. The maximum Gasteiger partial charge on any atom is 0.332 e. The predicted molar refractivity (Wildman–Crippen MR) is 87.4 cm³/mol. The van der Waals surface area contributed by atoms with Gasteiger partial charge < -0.3 is 14.9 Å². The van der Waals surface area contributed by atoms with E-state index in [-0.39, 0.29) is 23.5 Å². The summed E-state index contributed by atoms with van der Waals surface area (Å²) in [5, 5.41) is 18.9. The van der Waals surface area contributed by atoms with Crippen LogP contribution in [0, 0.1) is 11.8 Å². The number of carboxylic acids is 2. The molecule has 0 amide bonds. The minimum Gasteiger partial charge on any atom is -0.478 e. The lowest BCUT2D eigenvalue weighted by molar-refractivity contribution is -0.136. The quantitative estimate of drug-likeness (QED) is 0.632. The van der Waals surface area contributed by atoms with Gasteiger partial charge in [-0.05, 0) is 37.6 Å². The molecule has 0 aliphatic carbocycles. The van der Waals surface area contributed by atoms with Crippen molar-refractivity contribution in [3.05, 3.63) is 11.1 Å². The number of carboxylic acid groups (broad SMARTS) is 2. The van der Waals surface area contributed by atoms with E-state index in [9.17, 15) is 19.8 Å². The highest BCUT2D eigenvalue weighted by molar-refractivity contribution is 5.99. The van der Waals surface area contributed by atoms with E-state index in [1.807, 2.05) is 13.8 Å². The fourth-order valence-electron chi connectivity index (χ4n) is 3.12. The topological polar surface area (TPSA) is 87.1 Å². The smallest absolute Gasteiger partial charge is 0.332 e. The second-order valence-electron chi connectivity index (χ2n) is 6.59. The molecule has 132 valence electrons. The SMILES string of the molecule is CC(C)CC(C)C(C(=O)O)=C(CCCN1CCOCC1)C(=O)O. The molecule has 1 aliphatic rings. The number of hydrogen-bond donors (Lipinski definition) is 2. The number of carbonyl (C=O) groups is 2. The van der Waals surface area contributed by atoms with E-state index in [2.05, 4.69) is 4.90 Å². The van der Waals surface area contributed by atoms with Gasteiger partial charge in [-0.1, -0.05) is 20.8 Å². The molecule has 0 aromatic rings. The number of ether oxygens (including phenoxy) is 1. The maximum absolute atomic E-state index is 11.6. The molecule has 6 heteroatoms. The molecule has 23 heavy (non-hydrogen) atoms. The molecule has 0 aromatic carbocycles. The number of morpholine rings is 1. The number of hydrogen-bond acceptors (Lipinski definition) is 4. The first-order chi connectivity index (χ1) is 10.8. The van der Waals surface area contributed by atoms with Crippen LogP contribution in [0.4, 0.5) is 0 Å². The molecule has 0 radical (unpaired) electrons. The first kappa shape index (κ1) is 19.6. The molecule has 1 atom stereocenters. The monoisotopic (exact) mass is 327 g/mol. The summed E-state index contributed by atoms with van der Waals surface area (Å²) in [5.41, 5.74) is 0.118. The molecule has 1 rings (SSSR count). The molecule has 0 spiro atoms. The Bertz CT molecular complexity index is 438. The molecule has 1 fully saturated rings. The van der Waals surface area contributed by atoms with Gasteiger partial charge in [-0.15, -0.1) is 0 Å². The summed E-state index contributed by atoms with van der Waals surface area (Å²) in [7, 11) is 0. The van der Waals surface area contributed by atoms with Crippen molar-refractivity contribution in [3.63, 3.8) is 0 Å². The van der Waals surface area contributed by atoms with Gasteiger partial charge in [0.05, 0.1) is 18.8 Å². The Kier molecular flexibility index (Phi) is 8.26. The number of nitrogens with zero attached hydrogens (tertiary/aromatic N) is 1. The fraction of sp³-hybridized carbons (Fsp3) is 0.765. The summed E-state index contributed by atoms with van der Waals surface area (Å²) in [6.07, 6.45) is 1.60. The second-order valence-corrected chi connectivity index (χ2v) is 6.59. The van der Waals surface area contributed by atoms with Gasteiger partial charge in [-0.2, -0.15) is 0 Å². The van der Waals surface area contributed by atoms with Gasteiger partial charge in [0.1, 0.15) is 0 Å². The lowest BCUT2D eigenvalue weighted by Gasteiger charge is -2.26.